The van der Waals surface area contributed by atoms with Crippen LogP contribution in [0.25, 0.3) is 0 Å². The van der Waals surface area contributed by atoms with Crippen LogP contribution in [-0.2, 0) is 4.74 Å². The summed E-state index contributed by atoms with van der Waals surface area (Å²) in [5, 5.41) is 2.73. The Kier molecular flexibility index (Phi) is 5.13. The summed E-state index contributed by atoms with van der Waals surface area (Å²) in [5.41, 5.74) is 0.361. The third kappa shape index (κ3) is 3.86. The Hall–Kier alpha value is -1.91. The number of aromatic nitrogens is 1. The van der Waals surface area contributed by atoms with Gasteiger partial charge in [0.2, 0.25) is 0 Å². The third-order valence-corrected chi connectivity index (χ3v) is 2.19. The Labute approximate surface area is 100 Å². The number of amides is 1. The number of hydrogen-bond donors (Lipinski definition) is 1. The molecule has 1 aromatic heterocycles. The van der Waals surface area contributed by atoms with Crippen molar-refractivity contribution in [2.75, 3.05) is 13.7 Å². The molecule has 1 aromatic rings. The average molecular weight is 236 g/mol. The zero-order valence-electron chi connectivity index (χ0n) is 10.0. The van der Waals surface area contributed by atoms with Crippen LogP contribution in [0.15, 0.2) is 18.2 Å². The van der Waals surface area contributed by atoms with E-state index in [0.29, 0.717) is 6.54 Å². The fourth-order valence-corrected chi connectivity index (χ4v) is 1.25. The number of unbranched alkanes of at least 4 members (excludes halogenated alkanes) is 1. The Balaban J connectivity index is 2.70. The summed E-state index contributed by atoms with van der Waals surface area (Å²) >= 11 is 0. The van der Waals surface area contributed by atoms with Crippen molar-refractivity contribution in [3.8, 4) is 0 Å². The van der Waals surface area contributed by atoms with E-state index in [4.69, 9.17) is 0 Å². The number of pyridine rings is 1. The van der Waals surface area contributed by atoms with Crippen molar-refractivity contribution in [1.29, 1.82) is 0 Å². The molecule has 0 spiro atoms. The lowest BCUT2D eigenvalue weighted by Crippen LogP contribution is -2.25. The van der Waals surface area contributed by atoms with Crippen molar-refractivity contribution in [2.24, 2.45) is 0 Å². The Morgan fingerprint density at radius 3 is 2.71 bits per heavy atom. The van der Waals surface area contributed by atoms with E-state index >= 15 is 0 Å². The zero-order valence-corrected chi connectivity index (χ0v) is 10.0. The molecule has 5 heteroatoms. The number of rotatable bonds is 5. The number of nitrogens with zero attached hydrogens (tertiary/aromatic N) is 1. The predicted molar refractivity (Wildman–Crippen MR) is 62.8 cm³/mol. The Morgan fingerprint density at radius 2 is 2.06 bits per heavy atom. The van der Waals surface area contributed by atoms with E-state index in [-0.39, 0.29) is 17.3 Å². The van der Waals surface area contributed by atoms with Crippen LogP contribution in [0.3, 0.4) is 0 Å². The normalized spacial score (nSPS) is 9.76. The summed E-state index contributed by atoms with van der Waals surface area (Å²) < 4.78 is 4.54. The van der Waals surface area contributed by atoms with Gasteiger partial charge in [0, 0.05) is 6.54 Å². The van der Waals surface area contributed by atoms with Crippen molar-refractivity contribution in [1.82, 2.24) is 10.3 Å². The van der Waals surface area contributed by atoms with E-state index in [1.165, 1.54) is 13.2 Å². The molecule has 0 aliphatic heterocycles. The fraction of sp³-hybridized carbons (Fsp3) is 0.417. The van der Waals surface area contributed by atoms with Crippen molar-refractivity contribution >= 4 is 11.9 Å². The summed E-state index contributed by atoms with van der Waals surface area (Å²) in [6, 6.07) is 4.68. The second kappa shape index (κ2) is 6.62. The predicted octanol–water partition coefficient (Wildman–Crippen LogP) is 1.40. The Morgan fingerprint density at radius 1 is 1.35 bits per heavy atom. The molecule has 0 radical (unpaired) electrons. The zero-order chi connectivity index (χ0) is 12.7. The first-order valence-corrected chi connectivity index (χ1v) is 5.52. The molecule has 0 saturated heterocycles. The molecule has 0 aliphatic carbocycles. The summed E-state index contributed by atoms with van der Waals surface area (Å²) in [7, 11) is 1.28. The van der Waals surface area contributed by atoms with E-state index in [2.05, 4.69) is 15.0 Å². The quantitative estimate of drug-likeness (QED) is 0.619. The van der Waals surface area contributed by atoms with E-state index in [1.807, 2.05) is 6.92 Å². The minimum atomic E-state index is -0.548. The maximum atomic E-state index is 11.7. The van der Waals surface area contributed by atoms with Gasteiger partial charge in [0.25, 0.3) is 5.91 Å². The minimum absolute atomic E-state index is 0.135. The molecule has 0 bridgehead atoms. The lowest BCUT2D eigenvalue weighted by Gasteiger charge is -2.04. The molecule has 1 amide bonds. The van der Waals surface area contributed by atoms with Gasteiger partial charge in [-0.25, -0.2) is 9.78 Å². The first-order chi connectivity index (χ1) is 8.19. The highest BCUT2D eigenvalue weighted by Gasteiger charge is 2.11. The van der Waals surface area contributed by atoms with Crippen LogP contribution in [0.5, 0.6) is 0 Å². The summed E-state index contributed by atoms with van der Waals surface area (Å²) in [5.74, 6) is -0.822. The molecule has 17 heavy (non-hydrogen) atoms. The van der Waals surface area contributed by atoms with Gasteiger partial charge >= 0.3 is 5.97 Å². The molecular formula is C12H16N2O3. The minimum Gasteiger partial charge on any atom is -0.464 e. The molecule has 0 unspecified atom stereocenters. The van der Waals surface area contributed by atoms with E-state index in [0.717, 1.165) is 12.8 Å². The first kappa shape index (κ1) is 13.2. The highest BCUT2D eigenvalue weighted by atomic mass is 16.5. The van der Waals surface area contributed by atoms with Crippen molar-refractivity contribution in [3.05, 3.63) is 29.6 Å². The number of methoxy groups -OCH3 is 1. The molecule has 0 saturated carbocycles. The second-order valence-corrected chi connectivity index (χ2v) is 3.51. The number of nitrogens with one attached hydrogen (secondary N) is 1. The lowest BCUT2D eigenvalue weighted by atomic mass is 10.2. The smallest absolute Gasteiger partial charge is 0.356 e. The molecule has 0 aromatic carbocycles. The lowest BCUT2D eigenvalue weighted by molar-refractivity contribution is 0.0594. The van der Waals surface area contributed by atoms with Gasteiger partial charge in [-0.15, -0.1) is 0 Å². The van der Waals surface area contributed by atoms with Crippen LogP contribution in [-0.4, -0.2) is 30.5 Å². The van der Waals surface area contributed by atoms with Crippen LogP contribution in [0, 0.1) is 0 Å². The molecule has 0 fully saturated rings. The number of esters is 1. The molecule has 0 aliphatic rings. The summed E-state index contributed by atoms with van der Waals surface area (Å²) in [6.45, 7) is 2.65. The topological polar surface area (TPSA) is 68.3 Å². The largest absolute Gasteiger partial charge is 0.464 e. The number of carbonyl (C=O) groups is 2. The average Bonchev–Trinajstić information content (AvgIpc) is 2.38. The van der Waals surface area contributed by atoms with Crippen LogP contribution in [0.2, 0.25) is 0 Å². The summed E-state index contributed by atoms with van der Waals surface area (Å²) in [6.07, 6.45) is 1.93. The van der Waals surface area contributed by atoms with Gasteiger partial charge < -0.3 is 10.1 Å². The van der Waals surface area contributed by atoms with Crippen molar-refractivity contribution in [2.45, 2.75) is 19.8 Å². The van der Waals surface area contributed by atoms with E-state index in [1.54, 1.807) is 12.1 Å². The maximum Gasteiger partial charge on any atom is 0.356 e. The molecule has 1 rings (SSSR count). The van der Waals surface area contributed by atoms with Gasteiger partial charge in [0.05, 0.1) is 7.11 Å². The molecule has 0 atom stereocenters. The third-order valence-electron chi connectivity index (χ3n) is 2.19. The maximum absolute atomic E-state index is 11.7. The second-order valence-electron chi connectivity index (χ2n) is 3.51. The van der Waals surface area contributed by atoms with Crippen LogP contribution < -0.4 is 5.32 Å². The van der Waals surface area contributed by atoms with E-state index in [9.17, 15) is 9.59 Å². The van der Waals surface area contributed by atoms with Gasteiger partial charge in [-0.2, -0.15) is 0 Å². The van der Waals surface area contributed by atoms with Gasteiger partial charge in [-0.3, -0.25) is 4.79 Å². The summed E-state index contributed by atoms with van der Waals surface area (Å²) in [4.78, 5) is 26.8. The SMILES string of the molecule is CCCCNC(=O)c1cccc(C(=O)OC)n1. The molecule has 92 valence electrons. The molecule has 1 heterocycles. The highest BCUT2D eigenvalue weighted by molar-refractivity contribution is 5.94. The molecular weight excluding hydrogens is 220 g/mol. The number of carbonyl (C=O) groups excluding carboxylic acids is 2. The van der Waals surface area contributed by atoms with Crippen LogP contribution in [0.1, 0.15) is 40.7 Å². The van der Waals surface area contributed by atoms with Gasteiger partial charge in [0.15, 0.2) is 0 Å². The van der Waals surface area contributed by atoms with Gasteiger partial charge in [-0.1, -0.05) is 19.4 Å². The highest BCUT2D eigenvalue weighted by Crippen LogP contribution is 2.01. The Bertz CT molecular complexity index is 404. The van der Waals surface area contributed by atoms with Gasteiger partial charge in [-0.05, 0) is 18.6 Å². The van der Waals surface area contributed by atoms with E-state index < -0.39 is 5.97 Å². The molecule has 1 N–H and O–H groups in total. The number of ether oxygens (including phenoxy) is 1. The standard InChI is InChI=1S/C12H16N2O3/c1-3-4-8-13-11(15)9-6-5-7-10(14-9)12(16)17-2/h5-7H,3-4,8H2,1-2H3,(H,13,15). The van der Waals surface area contributed by atoms with Crippen LogP contribution >= 0.6 is 0 Å². The monoisotopic (exact) mass is 236 g/mol. The van der Waals surface area contributed by atoms with Gasteiger partial charge in [0.1, 0.15) is 11.4 Å². The first-order valence-electron chi connectivity index (χ1n) is 5.52. The fourth-order valence-electron chi connectivity index (χ4n) is 1.25. The van der Waals surface area contributed by atoms with Crippen molar-refractivity contribution < 1.29 is 14.3 Å². The number of hydrogen-bond acceptors (Lipinski definition) is 4. The molecule has 5 nitrogen and oxygen atoms in total. The van der Waals surface area contributed by atoms with Crippen molar-refractivity contribution in [3.63, 3.8) is 0 Å². The van der Waals surface area contributed by atoms with Crippen LogP contribution in [0.4, 0.5) is 0 Å².